The molecule has 2 fully saturated rings. The third-order valence-electron chi connectivity index (χ3n) is 5.37. The number of esters is 1. The molecule has 0 amide bonds. The minimum Gasteiger partial charge on any atom is -0.469 e. The standard InChI is InChI=1S/C16H30N2O5S.ClH/c1-22-12-16(7-9-17-10-8-16)11-18-24(20,21)14-6-4-3-5-13(14)15(19)23-2;/h13-14,17-18H,3-12H2,1-2H3;1H. The third kappa shape index (κ3) is 5.79. The topological polar surface area (TPSA) is 93.7 Å². The second-order valence-electron chi connectivity index (χ2n) is 7.00. The average molecular weight is 399 g/mol. The lowest BCUT2D eigenvalue weighted by molar-refractivity contribution is -0.146. The molecule has 25 heavy (non-hydrogen) atoms. The lowest BCUT2D eigenvalue weighted by Crippen LogP contribution is -2.50. The Hall–Kier alpha value is -0.410. The van der Waals surface area contributed by atoms with E-state index in [0.717, 1.165) is 38.8 Å². The molecule has 0 aromatic rings. The summed E-state index contributed by atoms with van der Waals surface area (Å²) in [6, 6.07) is 0. The fourth-order valence-electron chi connectivity index (χ4n) is 3.89. The van der Waals surface area contributed by atoms with Crippen molar-refractivity contribution in [1.29, 1.82) is 0 Å². The molecule has 2 atom stereocenters. The Balaban J connectivity index is 0.00000312. The van der Waals surface area contributed by atoms with Gasteiger partial charge in [0, 0.05) is 19.1 Å². The number of nitrogens with one attached hydrogen (secondary N) is 2. The van der Waals surface area contributed by atoms with Gasteiger partial charge in [-0.3, -0.25) is 4.79 Å². The fourth-order valence-corrected chi connectivity index (χ4v) is 5.76. The van der Waals surface area contributed by atoms with Crippen LogP contribution in [0.15, 0.2) is 0 Å². The number of hydrogen-bond acceptors (Lipinski definition) is 6. The molecule has 0 aromatic carbocycles. The number of sulfonamides is 1. The molecule has 0 bridgehead atoms. The monoisotopic (exact) mass is 398 g/mol. The summed E-state index contributed by atoms with van der Waals surface area (Å²) in [4.78, 5) is 12.0. The van der Waals surface area contributed by atoms with Crippen LogP contribution in [0.2, 0.25) is 0 Å². The van der Waals surface area contributed by atoms with Crippen LogP contribution in [0.5, 0.6) is 0 Å². The maximum absolute atomic E-state index is 12.8. The van der Waals surface area contributed by atoms with E-state index in [4.69, 9.17) is 9.47 Å². The number of rotatable bonds is 7. The highest BCUT2D eigenvalue weighted by atomic mass is 35.5. The minimum atomic E-state index is -3.57. The van der Waals surface area contributed by atoms with Crippen molar-refractivity contribution >= 4 is 28.4 Å². The average Bonchev–Trinajstić information content (AvgIpc) is 2.61. The predicted molar refractivity (Wildman–Crippen MR) is 98.3 cm³/mol. The van der Waals surface area contributed by atoms with E-state index in [1.165, 1.54) is 7.11 Å². The molecule has 2 N–H and O–H groups in total. The fraction of sp³-hybridized carbons (Fsp3) is 0.938. The van der Waals surface area contributed by atoms with Crippen molar-refractivity contribution in [3.05, 3.63) is 0 Å². The van der Waals surface area contributed by atoms with Gasteiger partial charge >= 0.3 is 5.97 Å². The van der Waals surface area contributed by atoms with Gasteiger partial charge in [0.1, 0.15) is 0 Å². The van der Waals surface area contributed by atoms with Gasteiger partial charge in [0.15, 0.2) is 0 Å². The van der Waals surface area contributed by atoms with Gasteiger partial charge in [-0.15, -0.1) is 12.4 Å². The Morgan fingerprint density at radius 1 is 1.20 bits per heavy atom. The molecular formula is C16H31ClN2O5S. The van der Waals surface area contributed by atoms with E-state index in [1.807, 2.05) is 0 Å². The van der Waals surface area contributed by atoms with Gasteiger partial charge in [0.25, 0.3) is 0 Å². The predicted octanol–water partition coefficient (Wildman–Crippen LogP) is 1.08. The van der Waals surface area contributed by atoms with Crippen LogP contribution in [0.1, 0.15) is 38.5 Å². The highest BCUT2D eigenvalue weighted by Gasteiger charge is 2.41. The summed E-state index contributed by atoms with van der Waals surface area (Å²) in [5.41, 5.74) is -0.178. The van der Waals surface area contributed by atoms with Crippen LogP contribution in [0.4, 0.5) is 0 Å². The summed E-state index contributed by atoms with van der Waals surface area (Å²) < 4.78 is 38.6. The van der Waals surface area contributed by atoms with Crippen molar-refractivity contribution in [2.24, 2.45) is 11.3 Å². The summed E-state index contributed by atoms with van der Waals surface area (Å²) in [5, 5.41) is 2.60. The maximum Gasteiger partial charge on any atom is 0.310 e. The lowest BCUT2D eigenvalue weighted by atomic mass is 9.80. The Labute approximate surface area is 157 Å². The van der Waals surface area contributed by atoms with Gasteiger partial charge in [0.2, 0.25) is 10.0 Å². The Kier molecular flexibility index (Phi) is 9.11. The Bertz CT molecular complexity index is 517. The van der Waals surface area contributed by atoms with E-state index in [1.54, 1.807) is 7.11 Å². The van der Waals surface area contributed by atoms with Gasteiger partial charge in [-0.05, 0) is 38.8 Å². The molecule has 1 heterocycles. The van der Waals surface area contributed by atoms with E-state index in [9.17, 15) is 13.2 Å². The summed E-state index contributed by atoms with van der Waals surface area (Å²) in [7, 11) is -0.609. The Morgan fingerprint density at radius 3 is 2.44 bits per heavy atom. The highest BCUT2D eigenvalue weighted by Crippen LogP contribution is 2.32. The van der Waals surface area contributed by atoms with Crippen LogP contribution in [0.25, 0.3) is 0 Å². The van der Waals surface area contributed by atoms with Crippen molar-refractivity contribution < 1.29 is 22.7 Å². The van der Waals surface area contributed by atoms with Crippen molar-refractivity contribution in [2.45, 2.75) is 43.8 Å². The maximum atomic E-state index is 12.8. The molecule has 2 rings (SSSR count). The van der Waals surface area contributed by atoms with E-state index in [2.05, 4.69) is 10.0 Å². The third-order valence-corrected chi connectivity index (χ3v) is 7.28. The molecule has 0 spiro atoms. The largest absolute Gasteiger partial charge is 0.469 e. The highest BCUT2D eigenvalue weighted by molar-refractivity contribution is 7.90. The molecule has 148 valence electrons. The van der Waals surface area contributed by atoms with Gasteiger partial charge in [-0.25, -0.2) is 13.1 Å². The summed E-state index contributed by atoms with van der Waals surface area (Å²) >= 11 is 0. The normalized spacial score (nSPS) is 26.5. The van der Waals surface area contributed by atoms with E-state index in [0.29, 0.717) is 26.0 Å². The van der Waals surface area contributed by atoms with Crippen molar-refractivity contribution in [3.8, 4) is 0 Å². The van der Waals surface area contributed by atoms with E-state index in [-0.39, 0.29) is 17.8 Å². The minimum absolute atomic E-state index is 0. The first kappa shape index (κ1) is 22.6. The molecule has 1 saturated carbocycles. The zero-order valence-electron chi connectivity index (χ0n) is 15.1. The van der Waals surface area contributed by atoms with E-state index >= 15 is 0 Å². The van der Waals surface area contributed by atoms with Crippen LogP contribution >= 0.6 is 12.4 Å². The number of hydrogen-bond donors (Lipinski definition) is 2. The first-order valence-electron chi connectivity index (χ1n) is 8.70. The van der Waals surface area contributed by atoms with E-state index < -0.39 is 27.2 Å². The number of carbonyl (C=O) groups excluding carboxylic acids is 1. The van der Waals surface area contributed by atoms with Crippen molar-refractivity contribution in [3.63, 3.8) is 0 Å². The molecule has 1 aliphatic carbocycles. The first-order valence-corrected chi connectivity index (χ1v) is 10.2. The molecule has 1 saturated heterocycles. The zero-order valence-corrected chi connectivity index (χ0v) is 16.7. The summed E-state index contributed by atoms with van der Waals surface area (Å²) in [5.74, 6) is -0.980. The number of halogens is 1. The molecule has 0 radical (unpaired) electrons. The molecule has 2 unspecified atom stereocenters. The molecule has 7 nitrogen and oxygen atoms in total. The van der Waals surface area contributed by atoms with Crippen LogP contribution in [-0.4, -0.2) is 60.1 Å². The second kappa shape index (κ2) is 10.1. The van der Waals surface area contributed by atoms with Gasteiger partial charge < -0.3 is 14.8 Å². The quantitative estimate of drug-likeness (QED) is 0.623. The smallest absolute Gasteiger partial charge is 0.310 e. The lowest BCUT2D eigenvalue weighted by Gasteiger charge is -2.38. The number of methoxy groups -OCH3 is 2. The number of carbonyl (C=O) groups is 1. The molecule has 1 aliphatic heterocycles. The summed E-state index contributed by atoms with van der Waals surface area (Å²) in [6.07, 6.45) is 4.51. The summed E-state index contributed by atoms with van der Waals surface area (Å²) in [6.45, 7) is 2.61. The van der Waals surface area contributed by atoms with Crippen molar-refractivity contribution in [1.82, 2.24) is 10.0 Å². The molecule has 0 aromatic heterocycles. The van der Waals surface area contributed by atoms with Gasteiger partial charge in [-0.2, -0.15) is 0 Å². The van der Waals surface area contributed by atoms with Gasteiger partial charge in [0.05, 0.1) is 24.9 Å². The molecular weight excluding hydrogens is 368 g/mol. The first-order chi connectivity index (χ1) is 11.4. The molecule has 9 heteroatoms. The number of piperidine rings is 1. The van der Waals surface area contributed by atoms with Crippen LogP contribution in [0.3, 0.4) is 0 Å². The van der Waals surface area contributed by atoms with Gasteiger partial charge in [-0.1, -0.05) is 12.8 Å². The number of ether oxygens (including phenoxy) is 2. The Morgan fingerprint density at radius 2 is 1.84 bits per heavy atom. The van der Waals surface area contributed by atoms with Crippen LogP contribution in [0, 0.1) is 11.3 Å². The molecule has 2 aliphatic rings. The zero-order chi connectivity index (χ0) is 17.6. The van der Waals surface area contributed by atoms with Crippen LogP contribution in [-0.2, 0) is 24.3 Å². The second-order valence-corrected chi connectivity index (χ2v) is 8.99. The van der Waals surface area contributed by atoms with Crippen LogP contribution < -0.4 is 10.0 Å². The SMILES string of the molecule is COCC1(CNS(=O)(=O)C2CCCCC2C(=O)OC)CCNCC1.Cl. The van der Waals surface area contributed by atoms with Crippen molar-refractivity contribution in [2.75, 3.05) is 40.5 Å².